The summed E-state index contributed by atoms with van der Waals surface area (Å²) >= 11 is 0. The number of hydrogen-bond donors (Lipinski definition) is 2. The van der Waals surface area contributed by atoms with Crippen molar-refractivity contribution in [2.24, 2.45) is 0 Å². The number of rotatable bonds is 3. The number of carbonyl (C=O) groups is 1. The molecule has 0 bridgehead atoms. The number of fused-ring (bicyclic) bond motifs is 1. The van der Waals surface area contributed by atoms with Gasteiger partial charge in [-0.1, -0.05) is 42.5 Å². The summed E-state index contributed by atoms with van der Waals surface area (Å²) in [5.74, 6) is 0.685. The van der Waals surface area contributed by atoms with E-state index in [9.17, 15) is 9.59 Å². The van der Waals surface area contributed by atoms with E-state index in [1.165, 1.54) is 0 Å². The largest absolute Gasteiger partial charge is 0.349 e. The molecule has 138 valence electrons. The highest BCUT2D eigenvalue weighted by Gasteiger charge is 2.22. The second-order valence-corrected chi connectivity index (χ2v) is 6.95. The maximum atomic E-state index is 13.0. The fourth-order valence-electron chi connectivity index (χ4n) is 3.70. The van der Waals surface area contributed by atoms with Crippen LogP contribution >= 0.6 is 0 Å². The van der Waals surface area contributed by atoms with Gasteiger partial charge in [0, 0.05) is 24.6 Å². The van der Waals surface area contributed by atoms with E-state index in [0.717, 1.165) is 28.9 Å². The van der Waals surface area contributed by atoms with Gasteiger partial charge in [-0.05, 0) is 42.5 Å². The van der Waals surface area contributed by atoms with E-state index >= 15 is 0 Å². The molecule has 0 aliphatic carbocycles. The molecule has 1 amide bonds. The Kier molecular flexibility index (Phi) is 4.62. The number of aromatic nitrogens is 3. The molecule has 3 aromatic rings. The minimum absolute atomic E-state index is 0.0172. The van der Waals surface area contributed by atoms with Gasteiger partial charge >= 0.3 is 5.69 Å². The summed E-state index contributed by atoms with van der Waals surface area (Å²) in [5, 5.41) is 9.71. The average molecular weight is 362 g/mol. The van der Waals surface area contributed by atoms with Gasteiger partial charge in [-0.15, -0.1) is 0 Å². The third-order valence-corrected chi connectivity index (χ3v) is 5.20. The second kappa shape index (κ2) is 7.23. The zero-order chi connectivity index (χ0) is 18.8. The Labute approximate surface area is 157 Å². The molecular formula is C21H22N4O2. The minimum atomic E-state index is -0.179. The van der Waals surface area contributed by atoms with Crippen LogP contribution in [0, 0.1) is 6.92 Å². The maximum Gasteiger partial charge on any atom is 0.343 e. The summed E-state index contributed by atoms with van der Waals surface area (Å²) in [7, 11) is 0. The molecule has 1 aliphatic rings. The van der Waals surface area contributed by atoms with E-state index in [4.69, 9.17) is 0 Å². The summed E-state index contributed by atoms with van der Waals surface area (Å²) in [5.41, 5.74) is 3.63. The first-order valence-electron chi connectivity index (χ1n) is 9.23. The van der Waals surface area contributed by atoms with Crippen molar-refractivity contribution >= 4 is 5.91 Å². The first-order chi connectivity index (χ1) is 13.1. The molecule has 6 heteroatoms. The Morgan fingerprint density at radius 1 is 1.11 bits per heavy atom. The quantitative estimate of drug-likeness (QED) is 0.752. The molecular weight excluding hydrogens is 340 g/mol. The van der Waals surface area contributed by atoms with Gasteiger partial charge in [0.25, 0.3) is 5.91 Å². The van der Waals surface area contributed by atoms with E-state index < -0.39 is 0 Å². The van der Waals surface area contributed by atoms with Gasteiger partial charge < -0.3 is 5.32 Å². The predicted octanol–water partition coefficient (Wildman–Crippen LogP) is 2.68. The highest BCUT2D eigenvalue weighted by atomic mass is 16.2. The first-order valence-corrected chi connectivity index (χ1v) is 9.23. The van der Waals surface area contributed by atoms with Gasteiger partial charge in [0.2, 0.25) is 0 Å². The Balaban J connectivity index is 1.55. The number of nitrogens with zero attached hydrogens (tertiary/aromatic N) is 2. The summed E-state index contributed by atoms with van der Waals surface area (Å²) in [6, 6.07) is 15.8. The standard InChI is InChI=1S/C21H22N4O2/c1-14-6-2-3-7-16(14)17-8-4-5-9-18(17)20(26)22-15-10-11-19-23-24-21(27)25(19)13-12-15/h2-9,15H,10-13H2,1H3,(H,22,26)(H,24,27). The van der Waals surface area contributed by atoms with Crippen molar-refractivity contribution in [2.75, 3.05) is 0 Å². The summed E-state index contributed by atoms with van der Waals surface area (Å²) in [6.45, 7) is 2.61. The smallest absolute Gasteiger partial charge is 0.343 e. The molecule has 27 heavy (non-hydrogen) atoms. The summed E-state index contributed by atoms with van der Waals surface area (Å²) < 4.78 is 1.66. The molecule has 0 radical (unpaired) electrons. The Bertz CT molecular complexity index is 1030. The van der Waals surface area contributed by atoms with Gasteiger partial charge in [-0.2, -0.15) is 5.10 Å². The van der Waals surface area contributed by atoms with Crippen LogP contribution in [0.3, 0.4) is 0 Å². The fourth-order valence-corrected chi connectivity index (χ4v) is 3.70. The van der Waals surface area contributed by atoms with Crippen LogP contribution in [0.1, 0.15) is 34.6 Å². The zero-order valence-corrected chi connectivity index (χ0v) is 15.2. The lowest BCUT2D eigenvalue weighted by Gasteiger charge is -2.18. The van der Waals surface area contributed by atoms with Crippen LogP contribution in [0.5, 0.6) is 0 Å². The molecule has 0 fully saturated rings. The molecule has 0 spiro atoms. The van der Waals surface area contributed by atoms with E-state index in [0.29, 0.717) is 24.9 Å². The van der Waals surface area contributed by atoms with Gasteiger partial charge in [-0.3, -0.25) is 9.36 Å². The molecule has 0 saturated heterocycles. The highest BCUT2D eigenvalue weighted by molar-refractivity contribution is 6.01. The Hall–Kier alpha value is -3.15. The molecule has 4 rings (SSSR count). The van der Waals surface area contributed by atoms with Crippen LogP contribution in [0.2, 0.25) is 0 Å². The Morgan fingerprint density at radius 3 is 2.67 bits per heavy atom. The van der Waals surface area contributed by atoms with Crippen LogP contribution in [-0.2, 0) is 13.0 Å². The number of benzene rings is 2. The molecule has 2 heterocycles. The molecule has 1 atom stereocenters. The number of aryl methyl sites for hydroxylation is 2. The van der Waals surface area contributed by atoms with Gasteiger partial charge in [0.15, 0.2) is 0 Å². The van der Waals surface area contributed by atoms with Crippen molar-refractivity contribution in [3.05, 3.63) is 76.0 Å². The predicted molar refractivity (Wildman–Crippen MR) is 104 cm³/mol. The lowest BCUT2D eigenvalue weighted by atomic mass is 9.95. The number of H-pyrrole nitrogens is 1. The van der Waals surface area contributed by atoms with Crippen LogP contribution < -0.4 is 11.0 Å². The van der Waals surface area contributed by atoms with Crippen LogP contribution in [-0.4, -0.2) is 26.7 Å². The third-order valence-electron chi connectivity index (χ3n) is 5.20. The molecule has 2 aromatic carbocycles. The number of amides is 1. The van der Waals surface area contributed by atoms with Crippen molar-refractivity contribution in [2.45, 2.75) is 38.8 Å². The van der Waals surface area contributed by atoms with Gasteiger partial charge in [0.05, 0.1) is 0 Å². The van der Waals surface area contributed by atoms with Crippen LogP contribution in [0.25, 0.3) is 11.1 Å². The summed E-state index contributed by atoms with van der Waals surface area (Å²) in [6.07, 6.45) is 2.15. The topological polar surface area (TPSA) is 79.8 Å². The molecule has 2 N–H and O–H groups in total. The first kappa shape index (κ1) is 17.3. The maximum absolute atomic E-state index is 13.0. The van der Waals surface area contributed by atoms with E-state index in [1.807, 2.05) is 55.5 Å². The van der Waals surface area contributed by atoms with Crippen molar-refractivity contribution < 1.29 is 4.79 Å². The van der Waals surface area contributed by atoms with E-state index in [2.05, 4.69) is 15.5 Å². The normalized spacial score (nSPS) is 16.4. The van der Waals surface area contributed by atoms with Crippen LogP contribution in [0.4, 0.5) is 0 Å². The van der Waals surface area contributed by atoms with Crippen molar-refractivity contribution in [3.63, 3.8) is 0 Å². The molecule has 6 nitrogen and oxygen atoms in total. The summed E-state index contributed by atoms with van der Waals surface area (Å²) in [4.78, 5) is 24.8. The van der Waals surface area contributed by atoms with Crippen molar-refractivity contribution in [3.8, 4) is 11.1 Å². The Morgan fingerprint density at radius 2 is 1.85 bits per heavy atom. The van der Waals surface area contributed by atoms with Crippen LogP contribution in [0.15, 0.2) is 53.3 Å². The molecule has 0 saturated carbocycles. The lowest BCUT2D eigenvalue weighted by Crippen LogP contribution is -2.35. The fraction of sp³-hybridized carbons (Fsp3) is 0.286. The van der Waals surface area contributed by atoms with E-state index in [-0.39, 0.29) is 17.6 Å². The molecule has 1 aliphatic heterocycles. The molecule has 1 unspecified atom stereocenters. The van der Waals surface area contributed by atoms with Gasteiger partial charge in [0.1, 0.15) is 5.82 Å². The number of hydrogen-bond acceptors (Lipinski definition) is 3. The SMILES string of the molecule is Cc1ccccc1-c1ccccc1C(=O)NC1CCc2n[nH]c(=O)n2CC1. The minimum Gasteiger partial charge on any atom is -0.349 e. The second-order valence-electron chi connectivity index (χ2n) is 6.95. The zero-order valence-electron chi connectivity index (χ0n) is 15.2. The number of aromatic amines is 1. The highest BCUT2D eigenvalue weighted by Crippen LogP contribution is 2.27. The number of nitrogens with one attached hydrogen (secondary N) is 2. The van der Waals surface area contributed by atoms with Crippen molar-refractivity contribution in [1.29, 1.82) is 0 Å². The number of carbonyl (C=O) groups excluding carboxylic acids is 1. The monoisotopic (exact) mass is 362 g/mol. The van der Waals surface area contributed by atoms with Crippen molar-refractivity contribution in [1.82, 2.24) is 20.1 Å². The van der Waals surface area contributed by atoms with E-state index in [1.54, 1.807) is 4.57 Å². The molecule has 1 aromatic heterocycles. The van der Waals surface area contributed by atoms with Gasteiger partial charge in [-0.25, -0.2) is 9.89 Å². The third kappa shape index (κ3) is 3.43. The average Bonchev–Trinajstić information content (AvgIpc) is 2.91. The lowest BCUT2D eigenvalue weighted by molar-refractivity contribution is 0.0933.